The van der Waals surface area contributed by atoms with Crippen molar-refractivity contribution in [1.29, 1.82) is 0 Å². The summed E-state index contributed by atoms with van der Waals surface area (Å²) in [7, 11) is 1.78. The van der Waals surface area contributed by atoms with Crippen molar-refractivity contribution >= 4 is 11.5 Å². The van der Waals surface area contributed by atoms with Crippen molar-refractivity contribution in [3.05, 3.63) is 47.4 Å². The van der Waals surface area contributed by atoms with Gasteiger partial charge in [-0.1, -0.05) is 0 Å². The number of nitrogens with zero attached hydrogens (tertiary/aromatic N) is 5. The predicted octanol–water partition coefficient (Wildman–Crippen LogP) is 2.55. The molecule has 1 saturated carbocycles. The first-order valence-corrected chi connectivity index (χ1v) is 10.3. The fourth-order valence-electron chi connectivity index (χ4n) is 4.80. The molecule has 3 aliphatic rings. The standard InChI is InChI=1S/C22H21FN6O2/c1-10-25-6-12(7-26-10)31-22-27-18-5-13-14(3-11(23)4-17(13)24-2)19(18)21(28-22)29-8-15-16(9-29)20(15)30/h3-4,6-7,15-16,20,24,30H,5,8-9H2,1-2H3/t15-,16+,20?. The molecule has 6 rings (SSSR count). The Balaban J connectivity index is 1.46. The summed E-state index contributed by atoms with van der Waals surface area (Å²) in [6.45, 7) is 3.23. The van der Waals surface area contributed by atoms with Crippen LogP contribution >= 0.6 is 0 Å². The second kappa shape index (κ2) is 6.58. The molecule has 3 heterocycles. The molecule has 0 spiro atoms. The monoisotopic (exact) mass is 420 g/mol. The SMILES string of the molecule is CNc1cc(F)cc2c1Cc1nc(Oc3cnc(C)nc3)nc(N3C[C@@H]4C(O)[C@@H]4C3)c1-2. The number of nitrogens with one attached hydrogen (secondary N) is 1. The zero-order valence-electron chi connectivity index (χ0n) is 17.1. The van der Waals surface area contributed by atoms with E-state index in [2.05, 4.69) is 25.2 Å². The van der Waals surface area contributed by atoms with E-state index in [1.165, 1.54) is 6.07 Å². The highest BCUT2D eigenvalue weighted by molar-refractivity contribution is 5.88. The largest absolute Gasteiger partial charge is 0.421 e. The van der Waals surface area contributed by atoms with E-state index in [4.69, 9.17) is 9.72 Å². The average Bonchev–Trinajstić information content (AvgIpc) is 3.12. The number of hydrogen-bond acceptors (Lipinski definition) is 8. The van der Waals surface area contributed by atoms with Gasteiger partial charge in [-0.15, -0.1) is 0 Å². The number of aliphatic hydroxyl groups excluding tert-OH is 1. The van der Waals surface area contributed by atoms with Gasteiger partial charge in [0, 0.05) is 49.6 Å². The van der Waals surface area contributed by atoms with Crippen LogP contribution in [0.5, 0.6) is 11.8 Å². The van der Waals surface area contributed by atoms with Gasteiger partial charge in [-0.05, 0) is 30.2 Å². The molecule has 2 N–H and O–H groups in total. The van der Waals surface area contributed by atoms with Crippen LogP contribution in [0, 0.1) is 24.6 Å². The molecule has 3 aromatic rings. The molecule has 2 fully saturated rings. The van der Waals surface area contributed by atoms with E-state index in [-0.39, 0.29) is 29.8 Å². The van der Waals surface area contributed by atoms with Crippen LogP contribution in [0.3, 0.4) is 0 Å². The van der Waals surface area contributed by atoms with Crippen molar-refractivity contribution in [2.45, 2.75) is 19.4 Å². The summed E-state index contributed by atoms with van der Waals surface area (Å²) in [5, 5.41) is 13.1. The molecule has 2 aliphatic carbocycles. The smallest absolute Gasteiger partial charge is 0.324 e. The van der Waals surface area contributed by atoms with Crippen molar-refractivity contribution in [3.8, 4) is 22.9 Å². The summed E-state index contributed by atoms with van der Waals surface area (Å²) >= 11 is 0. The Kier molecular flexibility index (Phi) is 3.92. The summed E-state index contributed by atoms with van der Waals surface area (Å²) in [5.41, 5.74) is 4.18. The summed E-state index contributed by atoms with van der Waals surface area (Å²) in [6.07, 6.45) is 3.50. The minimum Gasteiger partial charge on any atom is -0.421 e. The Bertz CT molecular complexity index is 1190. The Morgan fingerprint density at radius 1 is 1.16 bits per heavy atom. The van der Waals surface area contributed by atoms with Crippen LogP contribution < -0.4 is 15.0 Å². The van der Waals surface area contributed by atoms with E-state index in [1.54, 1.807) is 32.4 Å². The molecule has 1 aromatic carbocycles. The van der Waals surface area contributed by atoms with Crippen molar-refractivity contribution < 1.29 is 14.2 Å². The minimum atomic E-state index is -0.307. The molecule has 2 aromatic heterocycles. The number of rotatable bonds is 4. The van der Waals surface area contributed by atoms with Gasteiger partial charge in [0.15, 0.2) is 5.75 Å². The van der Waals surface area contributed by atoms with Crippen molar-refractivity contribution in [2.75, 3.05) is 30.4 Å². The highest BCUT2D eigenvalue weighted by Gasteiger charge is 2.55. The zero-order valence-corrected chi connectivity index (χ0v) is 17.1. The lowest BCUT2D eigenvalue weighted by atomic mass is 10.0. The van der Waals surface area contributed by atoms with E-state index >= 15 is 0 Å². The third kappa shape index (κ3) is 2.91. The summed E-state index contributed by atoms with van der Waals surface area (Å²) in [5.74, 6) is 2.05. The molecular weight excluding hydrogens is 399 g/mol. The van der Waals surface area contributed by atoms with Gasteiger partial charge in [0.1, 0.15) is 17.5 Å². The van der Waals surface area contributed by atoms with Gasteiger partial charge in [0.25, 0.3) is 0 Å². The van der Waals surface area contributed by atoms with Crippen molar-refractivity contribution in [1.82, 2.24) is 19.9 Å². The Labute approximate surface area is 178 Å². The third-order valence-corrected chi connectivity index (χ3v) is 6.46. The van der Waals surface area contributed by atoms with Gasteiger partial charge in [-0.25, -0.2) is 14.4 Å². The third-order valence-electron chi connectivity index (χ3n) is 6.46. The van der Waals surface area contributed by atoms with Crippen LogP contribution in [0.2, 0.25) is 0 Å². The van der Waals surface area contributed by atoms with Crippen LogP contribution in [-0.2, 0) is 6.42 Å². The fraction of sp³-hybridized carbons (Fsp3) is 0.364. The Morgan fingerprint density at radius 3 is 2.61 bits per heavy atom. The highest BCUT2D eigenvalue weighted by Crippen LogP contribution is 2.51. The maximum atomic E-state index is 14.4. The Morgan fingerprint density at radius 2 is 1.90 bits per heavy atom. The fourth-order valence-corrected chi connectivity index (χ4v) is 4.80. The first kappa shape index (κ1) is 18.4. The van der Waals surface area contributed by atoms with E-state index in [0.717, 1.165) is 33.9 Å². The van der Waals surface area contributed by atoms with E-state index in [9.17, 15) is 9.50 Å². The molecule has 0 amide bonds. The van der Waals surface area contributed by atoms with E-state index < -0.39 is 0 Å². The second-order valence-corrected chi connectivity index (χ2v) is 8.35. The molecule has 1 aliphatic heterocycles. The number of aromatic nitrogens is 4. The number of aliphatic hydroxyl groups is 1. The molecule has 0 radical (unpaired) electrons. The maximum Gasteiger partial charge on any atom is 0.324 e. The molecule has 3 atom stereocenters. The normalized spacial score (nSPS) is 22.7. The number of halogens is 1. The van der Waals surface area contributed by atoms with Gasteiger partial charge >= 0.3 is 6.01 Å². The van der Waals surface area contributed by atoms with Crippen LogP contribution in [0.4, 0.5) is 15.9 Å². The lowest BCUT2D eigenvalue weighted by Gasteiger charge is -2.23. The molecule has 9 heteroatoms. The van der Waals surface area contributed by atoms with E-state index in [0.29, 0.717) is 31.1 Å². The highest BCUT2D eigenvalue weighted by atomic mass is 19.1. The van der Waals surface area contributed by atoms with Crippen LogP contribution in [-0.4, -0.2) is 51.3 Å². The van der Waals surface area contributed by atoms with Crippen LogP contribution in [0.1, 0.15) is 17.1 Å². The number of aryl methyl sites for hydroxylation is 1. The van der Waals surface area contributed by atoms with Gasteiger partial charge < -0.3 is 20.1 Å². The van der Waals surface area contributed by atoms with Gasteiger partial charge in [-0.2, -0.15) is 9.97 Å². The first-order chi connectivity index (χ1) is 15.0. The summed E-state index contributed by atoms with van der Waals surface area (Å²) < 4.78 is 20.3. The Hall–Kier alpha value is -3.33. The number of ether oxygens (including phenoxy) is 1. The first-order valence-electron chi connectivity index (χ1n) is 10.3. The quantitative estimate of drug-likeness (QED) is 0.520. The number of fused-ring (bicyclic) bond motifs is 4. The van der Waals surface area contributed by atoms with E-state index in [1.807, 2.05) is 0 Å². The van der Waals surface area contributed by atoms with Gasteiger partial charge in [0.05, 0.1) is 24.2 Å². The van der Waals surface area contributed by atoms with Crippen molar-refractivity contribution in [3.63, 3.8) is 0 Å². The molecular formula is C22H21FN6O2. The lowest BCUT2D eigenvalue weighted by molar-refractivity contribution is 0.241. The van der Waals surface area contributed by atoms with Gasteiger partial charge in [-0.3, -0.25) is 0 Å². The van der Waals surface area contributed by atoms with Crippen molar-refractivity contribution in [2.24, 2.45) is 11.8 Å². The molecule has 1 saturated heterocycles. The molecule has 158 valence electrons. The number of piperidine rings is 1. The predicted molar refractivity (Wildman–Crippen MR) is 112 cm³/mol. The average molecular weight is 420 g/mol. The van der Waals surface area contributed by atoms with Crippen LogP contribution in [0.25, 0.3) is 11.1 Å². The number of benzene rings is 1. The molecule has 8 nitrogen and oxygen atoms in total. The molecule has 1 unspecified atom stereocenters. The number of anilines is 2. The zero-order chi connectivity index (χ0) is 21.3. The minimum absolute atomic E-state index is 0.210. The molecule has 31 heavy (non-hydrogen) atoms. The second-order valence-electron chi connectivity index (χ2n) is 8.35. The van der Waals surface area contributed by atoms with Gasteiger partial charge in [0.2, 0.25) is 0 Å². The summed E-state index contributed by atoms with van der Waals surface area (Å²) in [4.78, 5) is 19.8. The topological polar surface area (TPSA) is 96.3 Å². The summed E-state index contributed by atoms with van der Waals surface area (Å²) in [6, 6.07) is 3.26. The lowest BCUT2D eigenvalue weighted by Crippen LogP contribution is -2.27. The molecule has 0 bridgehead atoms. The number of hydrogen-bond donors (Lipinski definition) is 2. The van der Waals surface area contributed by atoms with Crippen LogP contribution in [0.15, 0.2) is 24.5 Å². The maximum absolute atomic E-state index is 14.4.